The van der Waals surface area contributed by atoms with E-state index in [1.54, 1.807) is 23.3 Å². The molecule has 6 nitrogen and oxygen atoms in total. The van der Waals surface area contributed by atoms with E-state index in [0.29, 0.717) is 13.0 Å². The first-order valence-electron chi connectivity index (χ1n) is 10.9. The number of carbonyl (C=O) groups excluding carboxylic acids is 1. The predicted molar refractivity (Wildman–Crippen MR) is 109 cm³/mol. The average molecular weight is 395 g/mol. The number of rotatable bonds is 7. The Morgan fingerprint density at radius 1 is 1.14 bits per heavy atom. The molecule has 4 aliphatic carbocycles. The van der Waals surface area contributed by atoms with Gasteiger partial charge in [0.25, 0.3) is 0 Å². The van der Waals surface area contributed by atoms with Gasteiger partial charge in [0.2, 0.25) is 5.91 Å². The molecule has 0 aromatic carbocycles. The molecule has 6 rings (SSSR count). The highest BCUT2D eigenvalue weighted by Gasteiger charge is 2.53. The molecule has 0 radical (unpaired) electrons. The molecule has 1 atom stereocenters. The van der Waals surface area contributed by atoms with Crippen LogP contribution in [0.25, 0.3) is 0 Å². The molecule has 0 saturated heterocycles. The first-order valence-corrected chi connectivity index (χ1v) is 10.9. The Hall–Kier alpha value is -2.21. The van der Waals surface area contributed by atoms with Gasteiger partial charge < -0.3 is 10.4 Å². The molecule has 29 heavy (non-hydrogen) atoms. The molecular weight excluding hydrogens is 364 g/mol. The molecule has 4 fully saturated rings. The number of hydrogen-bond acceptors (Lipinski definition) is 4. The Balaban J connectivity index is 1.42. The molecule has 1 amide bonds. The summed E-state index contributed by atoms with van der Waals surface area (Å²) in [5.41, 5.74) is -0.0208. The van der Waals surface area contributed by atoms with Crippen molar-refractivity contribution in [3.63, 3.8) is 0 Å². The van der Waals surface area contributed by atoms with E-state index in [2.05, 4.69) is 15.4 Å². The quantitative estimate of drug-likeness (QED) is 0.756. The lowest BCUT2D eigenvalue weighted by molar-refractivity contribution is -0.140. The fraction of sp³-hybridized carbons (Fsp3) is 0.609. The highest BCUT2D eigenvalue weighted by atomic mass is 16.3. The highest BCUT2D eigenvalue weighted by molar-refractivity contribution is 5.84. The fourth-order valence-electron chi connectivity index (χ4n) is 6.62. The second kappa shape index (κ2) is 7.24. The summed E-state index contributed by atoms with van der Waals surface area (Å²) >= 11 is 0. The molecule has 4 aliphatic rings. The van der Waals surface area contributed by atoms with Crippen LogP contribution in [0.5, 0.6) is 0 Å². The van der Waals surface area contributed by atoms with Crippen molar-refractivity contribution in [2.24, 2.45) is 23.2 Å². The van der Waals surface area contributed by atoms with Crippen LogP contribution >= 0.6 is 0 Å². The Labute approximate surface area is 171 Å². The summed E-state index contributed by atoms with van der Waals surface area (Å²) < 4.78 is 1.76. The van der Waals surface area contributed by atoms with Crippen LogP contribution in [-0.4, -0.2) is 37.9 Å². The van der Waals surface area contributed by atoms with E-state index in [4.69, 9.17) is 0 Å². The van der Waals surface area contributed by atoms with E-state index < -0.39 is 5.41 Å². The summed E-state index contributed by atoms with van der Waals surface area (Å²) in [6, 6.07) is 5.70. The molecule has 2 aromatic heterocycles. The molecule has 4 saturated carbocycles. The minimum Gasteiger partial charge on any atom is -0.395 e. The van der Waals surface area contributed by atoms with E-state index in [1.165, 1.54) is 19.3 Å². The Morgan fingerprint density at radius 3 is 2.34 bits per heavy atom. The molecule has 0 spiro atoms. The summed E-state index contributed by atoms with van der Waals surface area (Å²) in [5.74, 6) is 2.25. The number of nitrogens with zero attached hydrogens (tertiary/aromatic N) is 3. The number of aromatic nitrogens is 3. The third-order valence-electron chi connectivity index (χ3n) is 7.52. The zero-order valence-electron chi connectivity index (χ0n) is 16.8. The largest absolute Gasteiger partial charge is 0.395 e. The van der Waals surface area contributed by atoms with Crippen LogP contribution in [-0.2, 0) is 17.8 Å². The molecular formula is C23H30N4O2. The lowest BCUT2D eigenvalue weighted by Crippen LogP contribution is -2.63. The third-order valence-corrected chi connectivity index (χ3v) is 7.52. The average Bonchev–Trinajstić information content (AvgIpc) is 3.19. The van der Waals surface area contributed by atoms with E-state index in [9.17, 15) is 9.90 Å². The maximum Gasteiger partial charge on any atom is 0.231 e. The maximum atomic E-state index is 13.8. The maximum absolute atomic E-state index is 13.8. The minimum absolute atomic E-state index is 0.0331. The van der Waals surface area contributed by atoms with Gasteiger partial charge in [0.05, 0.1) is 18.6 Å². The van der Waals surface area contributed by atoms with Crippen LogP contribution in [0.3, 0.4) is 0 Å². The Kier molecular flexibility index (Phi) is 4.69. The van der Waals surface area contributed by atoms with Crippen LogP contribution in [0.1, 0.15) is 44.1 Å². The third kappa shape index (κ3) is 3.59. The lowest BCUT2D eigenvalue weighted by Gasteiger charge is -2.57. The van der Waals surface area contributed by atoms with Gasteiger partial charge in [-0.2, -0.15) is 5.10 Å². The van der Waals surface area contributed by atoms with Crippen LogP contribution < -0.4 is 5.32 Å². The van der Waals surface area contributed by atoms with Gasteiger partial charge in [0.15, 0.2) is 0 Å². The van der Waals surface area contributed by atoms with Crippen molar-refractivity contribution in [1.82, 2.24) is 20.1 Å². The number of hydrogen-bond donors (Lipinski definition) is 2. The van der Waals surface area contributed by atoms with E-state index in [-0.39, 0.29) is 18.1 Å². The second-order valence-electron chi connectivity index (χ2n) is 9.83. The SMILES string of the molecule is O=C(NC12CC3CC(CC(C3)C1)C2)C(CO)(Cc1ccncc1)Cn1cccn1. The number of aliphatic hydroxyl groups is 1. The van der Waals surface area contributed by atoms with Gasteiger partial charge >= 0.3 is 0 Å². The predicted octanol–water partition coefficient (Wildman–Crippen LogP) is 2.58. The second-order valence-corrected chi connectivity index (χ2v) is 9.83. The number of amides is 1. The fourth-order valence-corrected chi connectivity index (χ4v) is 6.62. The zero-order chi connectivity index (χ0) is 19.9. The smallest absolute Gasteiger partial charge is 0.231 e. The lowest BCUT2D eigenvalue weighted by atomic mass is 9.53. The molecule has 1 unspecified atom stereocenters. The van der Waals surface area contributed by atoms with Crippen LogP contribution in [0.4, 0.5) is 0 Å². The molecule has 2 N–H and O–H groups in total. The minimum atomic E-state index is -0.948. The summed E-state index contributed by atoms with van der Waals surface area (Å²) in [5, 5.41) is 18.3. The van der Waals surface area contributed by atoms with Crippen molar-refractivity contribution in [1.29, 1.82) is 0 Å². The van der Waals surface area contributed by atoms with Crippen molar-refractivity contribution < 1.29 is 9.90 Å². The van der Waals surface area contributed by atoms with Crippen LogP contribution in [0.15, 0.2) is 43.0 Å². The van der Waals surface area contributed by atoms with Crippen molar-refractivity contribution in [3.8, 4) is 0 Å². The van der Waals surface area contributed by atoms with Crippen molar-refractivity contribution >= 4 is 5.91 Å². The molecule has 2 heterocycles. The summed E-state index contributed by atoms with van der Waals surface area (Å²) in [6.45, 7) is 0.143. The first kappa shape index (κ1) is 18.8. The number of pyridine rings is 1. The monoisotopic (exact) mass is 394 g/mol. The van der Waals surface area contributed by atoms with Crippen molar-refractivity contribution in [2.45, 2.75) is 57.0 Å². The summed E-state index contributed by atoms with van der Waals surface area (Å²) in [4.78, 5) is 17.9. The van der Waals surface area contributed by atoms with E-state index in [0.717, 1.165) is 42.6 Å². The molecule has 6 heteroatoms. The standard InChI is InChI=1S/C23H30N4O2/c28-16-22(15-27-7-1-4-25-27,11-17-2-5-24-6-3-17)21(29)26-23-12-18-8-19(13-23)10-20(9-18)14-23/h1-7,18-20,28H,8-16H2,(H,26,29). The van der Waals surface area contributed by atoms with Crippen LogP contribution in [0, 0.1) is 23.2 Å². The van der Waals surface area contributed by atoms with Gasteiger partial charge in [-0.3, -0.25) is 14.5 Å². The van der Waals surface area contributed by atoms with E-state index >= 15 is 0 Å². The van der Waals surface area contributed by atoms with E-state index in [1.807, 2.05) is 24.4 Å². The molecule has 0 aliphatic heterocycles. The number of nitrogens with one attached hydrogen (secondary N) is 1. The molecule has 2 aromatic rings. The van der Waals surface area contributed by atoms with Gasteiger partial charge in [0.1, 0.15) is 0 Å². The first-order chi connectivity index (χ1) is 14.1. The van der Waals surface area contributed by atoms with Gasteiger partial charge in [-0.25, -0.2) is 0 Å². The van der Waals surface area contributed by atoms with Gasteiger partial charge in [-0.05, 0) is 86.5 Å². The Morgan fingerprint density at radius 2 is 1.79 bits per heavy atom. The molecule has 4 bridgehead atoms. The highest BCUT2D eigenvalue weighted by Crippen LogP contribution is 2.55. The summed E-state index contributed by atoms with van der Waals surface area (Å²) in [6.07, 6.45) is 14.8. The van der Waals surface area contributed by atoms with Crippen molar-refractivity contribution in [3.05, 3.63) is 48.5 Å². The Bertz CT molecular complexity index is 816. The number of carbonyl (C=O) groups is 1. The zero-order valence-corrected chi connectivity index (χ0v) is 16.8. The van der Waals surface area contributed by atoms with Gasteiger partial charge in [-0.1, -0.05) is 0 Å². The topological polar surface area (TPSA) is 80.0 Å². The van der Waals surface area contributed by atoms with Crippen molar-refractivity contribution in [2.75, 3.05) is 6.61 Å². The number of aliphatic hydroxyl groups excluding tert-OH is 1. The van der Waals surface area contributed by atoms with Gasteiger partial charge in [0, 0.05) is 30.3 Å². The molecule has 154 valence electrons. The summed E-state index contributed by atoms with van der Waals surface area (Å²) in [7, 11) is 0. The normalized spacial score (nSPS) is 32.1. The van der Waals surface area contributed by atoms with Gasteiger partial charge in [-0.15, -0.1) is 0 Å². The van der Waals surface area contributed by atoms with Crippen LogP contribution in [0.2, 0.25) is 0 Å².